The molecule has 0 spiro atoms. The van der Waals surface area contributed by atoms with Crippen LogP contribution in [0.4, 0.5) is 0 Å². The van der Waals surface area contributed by atoms with E-state index in [0.29, 0.717) is 18.0 Å². The van der Waals surface area contributed by atoms with E-state index in [0.717, 1.165) is 22.4 Å². The van der Waals surface area contributed by atoms with Crippen molar-refractivity contribution in [1.82, 2.24) is 10.3 Å². The number of hydrogen-bond donors (Lipinski definition) is 3. The Balaban J connectivity index is 1.63. The molecule has 1 aromatic heterocycles. The van der Waals surface area contributed by atoms with Crippen molar-refractivity contribution in [2.75, 3.05) is 6.54 Å². The number of carbonyl (C=O) groups excluding carboxylic acids is 1. The number of rotatable bonds is 9. The number of amides is 1. The van der Waals surface area contributed by atoms with Crippen molar-refractivity contribution in [2.45, 2.75) is 32.2 Å². The van der Waals surface area contributed by atoms with Gasteiger partial charge in [0, 0.05) is 29.8 Å². The summed E-state index contributed by atoms with van der Waals surface area (Å²) in [5.74, 6) is -0.685. The number of aromatic nitrogens is 1. The number of benzene rings is 2. The highest BCUT2D eigenvalue weighted by molar-refractivity contribution is 5.94. The van der Waals surface area contributed by atoms with Crippen LogP contribution in [-0.4, -0.2) is 34.6 Å². The topological polar surface area (TPSA) is 105 Å². The molecule has 0 bridgehead atoms. The fraction of sp³-hybridized carbons (Fsp3) is 0.269. The van der Waals surface area contributed by atoms with Crippen LogP contribution >= 0.6 is 0 Å². The maximum atomic E-state index is 12.6. The van der Waals surface area contributed by atoms with Gasteiger partial charge in [-0.1, -0.05) is 56.3 Å². The highest BCUT2D eigenvalue weighted by Gasteiger charge is 2.18. The Morgan fingerprint density at radius 1 is 1.00 bits per heavy atom. The lowest BCUT2D eigenvalue weighted by atomic mass is 9.87. The first kappa shape index (κ1) is 23.2. The van der Waals surface area contributed by atoms with Gasteiger partial charge in [-0.05, 0) is 47.7 Å². The Kier molecular flexibility index (Phi) is 7.73. The second kappa shape index (κ2) is 10.7. The predicted octanol–water partition coefficient (Wildman–Crippen LogP) is 3.87. The van der Waals surface area contributed by atoms with Crippen molar-refractivity contribution in [3.05, 3.63) is 89.6 Å². The summed E-state index contributed by atoms with van der Waals surface area (Å²) >= 11 is 0. The first-order chi connectivity index (χ1) is 15.3. The molecule has 1 heterocycles. The average Bonchev–Trinajstić information content (AvgIpc) is 2.80. The average molecular weight is 432 g/mol. The van der Waals surface area contributed by atoms with Gasteiger partial charge < -0.3 is 16.2 Å². The van der Waals surface area contributed by atoms with Crippen molar-refractivity contribution in [3.63, 3.8) is 0 Å². The number of carboxylic acids is 1. The summed E-state index contributed by atoms with van der Waals surface area (Å²) in [7, 11) is 0. The Labute approximate surface area is 188 Å². The number of carbonyl (C=O) groups is 2. The molecule has 3 rings (SSSR count). The van der Waals surface area contributed by atoms with Crippen molar-refractivity contribution in [2.24, 2.45) is 11.7 Å². The first-order valence-corrected chi connectivity index (χ1v) is 10.7. The Hall–Kier alpha value is -3.51. The van der Waals surface area contributed by atoms with Gasteiger partial charge in [-0.25, -0.2) is 0 Å². The molecule has 0 aliphatic carbocycles. The van der Waals surface area contributed by atoms with Gasteiger partial charge in [-0.15, -0.1) is 0 Å². The van der Waals surface area contributed by atoms with Gasteiger partial charge in [0.2, 0.25) is 0 Å². The highest BCUT2D eigenvalue weighted by Crippen LogP contribution is 2.26. The molecule has 6 nitrogen and oxygen atoms in total. The molecule has 3 aromatic rings. The smallest absolute Gasteiger partial charge is 0.320 e. The molecule has 2 aromatic carbocycles. The molecule has 0 aliphatic rings. The summed E-state index contributed by atoms with van der Waals surface area (Å²) in [6.45, 7) is 4.80. The van der Waals surface area contributed by atoms with E-state index in [1.54, 1.807) is 30.5 Å². The number of nitrogens with one attached hydrogen (secondary N) is 1. The van der Waals surface area contributed by atoms with Crippen molar-refractivity contribution >= 4 is 11.9 Å². The number of hydrogen-bond acceptors (Lipinski definition) is 4. The van der Waals surface area contributed by atoms with E-state index in [2.05, 4.69) is 48.4 Å². The summed E-state index contributed by atoms with van der Waals surface area (Å²) in [6.07, 6.45) is 2.00. The lowest BCUT2D eigenvalue weighted by molar-refractivity contribution is -0.138. The van der Waals surface area contributed by atoms with E-state index in [1.807, 2.05) is 18.2 Å². The molecule has 0 fully saturated rings. The van der Waals surface area contributed by atoms with Gasteiger partial charge in [0.1, 0.15) is 6.04 Å². The van der Waals surface area contributed by atoms with Gasteiger partial charge in [0.15, 0.2) is 0 Å². The molecule has 1 unspecified atom stereocenters. The summed E-state index contributed by atoms with van der Waals surface area (Å²) in [5, 5.41) is 12.0. The normalized spacial score (nSPS) is 12.9. The predicted molar refractivity (Wildman–Crippen MR) is 125 cm³/mol. The minimum Gasteiger partial charge on any atom is -0.480 e. The Morgan fingerprint density at radius 2 is 1.69 bits per heavy atom. The molecular formula is C26H29N3O3. The maximum absolute atomic E-state index is 12.6. The fourth-order valence-corrected chi connectivity index (χ4v) is 3.61. The molecule has 4 N–H and O–H groups in total. The van der Waals surface area contributed by atoms with Crippen LogP contribution in [0.5, 0.6) is 0 Å². The van der Waals surface area contributed by atoms with E-state index in [9.17, 15) is 9.59 Å². The number of pyridine rings is 1. The van der Waals surface area contributed by atoms with E-state index >= 15 is 0 Å². The van der Waals surface area contributed by atoms with Crippen LogP contribution in [0.3, 0.4) is 0 Å². The van der Waals surface area contributed by atoms with Crippen molar-refractivity contribution in [3.8, 4) is 11.3 Å². The second-order valence-electron chi connectivity index (χ2n) is 8.24. The zero-order valence-corrected chi connectivity index (χ0v) is 18.4. The molecule has 0 saturated carbocycles. The van der Waals surface area contributed by atoms with Gasteiger partial charge in [0.25, 0.3) is 5.91 Å². The van der Waals surface area contributed by atoms with Crippen LogP contribution < -0.4 is 11.1 Å². The van der Waals surface area contributed by atoms with Gasteiger partial charge >= 0.3 is 5.97 Å². The van der Waals surface area contributed by atoms with Crippen LogP contribution in [0.15, 0.2) is 72.9 Å². The second-order valence-corrected chi connectivity index (χ2v) is 8.24. The lowest BCUT2D eigenvalue weighted by Crippen LogP contribution is -2.32. The van der Waals surface area contributed by atoms with Gasteiger partial charge in [-0.3, -0.25) is 14.6 Å². The quantitative estimate of drug-likeness (QED) is 0.477. The van der Waals surface area contributed by atoms with E-state index < -0.39 is 12.0 Å². The van der Waals surface area contributed by atoms with Crippen LogP contribution in [-0.2, 0) is 11.2 Å². The van der Waals surface area contributed by atoms with E-state index in [1.165, 1.54) is 0 Å². The first-order valence-electron chi connectivity index (χ1n) is 10.7. The SMILES string of the molecule is CC(C)[C@@H](CNC(=O)c1ccc(CC(N)C(=O)O)cc1)c1ccc(-c2ccccn2)cc1. The molecule has 6 heteroatoms. The third kappa shape index (κ3) is 6.02. The van der Waals surface area contributed by atoms with E-state index in [4.69, 9.17) is 10.8 Å². The summed E-state index contributed by atoms with van der Waals surface area (Å²) in [6, 6.07) is 20.1. The molecule has 0 radical (unpaired) electrons. The Bertz CT molecular complexity index is 1030. The van der Waals surface area contributed by atoms with Gasteiger partial charge in [-0.2, -0.15) is 0 Å². The number of nitrogens with zero attached hydrogens (tertiary/aromatic N) is 1. The molecule has 1 amide bonds. The Morgan fingerprint density at radius 3 is 2.25 bits per heavy atom. The highest BCUT2D eigenvalue weighted by atomic mass is 16.4. The van der Waals surface area contributed by atoms with Crippen molar-refractivity contribution < 1.29 is 14.7 Å². The summed E-state index contributed by atoms with van der Waals surface area (Å²) in [4.78, 5) is 27.9. The number of aliphatic carboxylic acids is 1. The minimum atomic E-state index is -1.04. The minimum absolute atomic E-state index is 0.158. The molecule has 0 saturated heterocycles. The summed E-state index contributed by atoms with van der Waals surface area (Å²) in [5.41, 5.74) is 10.0. The molecule has 32 heavy (non-hydrogen) atoms. The molecular weight excluding hydrogens is 402 g/mol. The van der Waals surface area contributed by atoms with E-state index in [-0.39, 0.29) is 18.2 Å². The van der Waals surface area contributed by atoms with Crippen LogP contribution in [0.1, 0.15) is 41.3 Å². The fourth-order valence-electron chi connectivity index (χ4n) is 3.61. The third-order valence-electron chi connectivity index (χ3n) is 5.58. The molecule has 0 aliphatic heterocycles. The maximum Gasteiger partial charge on any atom is 0.320 e. The summed E-state index contributed by atoms with van der Waals surface area (Å²) < 4.78 is 0. The number of carboxylic acid groups (broad SMARTS) is 1. The zero-order chi connectivity index (χ0) is 23.1. The van der Waals surface area contributed by atoms with Crippen molar-refractivity contribution in [1.29, 1.82) is 0 Å². The molecule has 166 valence electrons. The van der Waals surface area contributed by atoms with Gasteiger partial charge in [0.05, 0.1) is 5.69 Å². The zero-order valence-electron chi connectivity index (χ0n) is 18.4. The third-order valence-corrected chi connectivity index (χ3v) is 5.58. The van der Waals surface area contributed by atoms with Crippen LogP contribution in [0.2, 0.25) is 0 Å². The standard InChI is InChI=1S/C26H29N3O3/c1-17(2)22(19-10-12-20(13-11-19)24-5-3-4-14-28-24)16-29-25(30)21-8-6-18(7-9-21)15-23(27)26(31)32/h3-14,17,22-23H,15-16,27H2,1-2H3,(H,29,30)(H,31,32)/t22-,23?/m1/s1. The largest absolute Gasteiger partial charge is 0.480 e. The molecule has 2 atom stereocenters. The lowest BCUT2D eigenvalue weighted by Gasteiger charge is -2.22. The monoisotopic (exact) mass is 431 g/mol. The van der Waals surface area contributed by atoms with Crippen LogP contribution in [0, 0.1) is 5.92 Å². The number of nitrogens with two attached hydrogens (primary N) is 1. The van der Waals surface area contributed by atoms with Crippen LogP contribution in [0.25, 0.3) is 11.3 Å².